The molecular formula is C12H20N6O5. The third-order valence-electron chi connectivity index (χ3n) is 4.27. The number of rotatable bonds is 3. The van der Waals surface area contributed by atoms with Crippen LogP contribution in [0.5, 0.6) is 0 Å². The van der Waals surface area contributed by atoms with E-state index in [-0.39, 0.29) is 23.9 Å². The summed E-state index contributed by atoms with van der Waals surface area (Å²) in [4.78, 5) is 7.68. The van der Waals surface area contributed by atoms with Crippen molar-refractivity contribution in [1.29, 1.82) is 0 Å². The molecule has 2 aliphatic rings. The van der Waals surface area contributed by atoms with Gasteiger partial charge in [0.1, 0.15) is 24.1 Å². The molecule has 11 heteroatoms. The zero-order chi connectivity index (χ0) is 17.0. The highest BCUT2D eigenvalue weighted by Crippen LogP contribution is 2.42. The number of imidazole rings is 1. The van der Waals surface area contributed by atoms with Gasteiger partial charge in [-0.25, -0.2) is 4.98 Å². The van der Waals surface area contributed by atoms with E-state index in [2.05, 4.69) is 15.3 Å². The Bertz CT molecular complexity index is 646. The second kappa shape index (κ2) is 5.12. The monoisotopic (exact) mass is 328 g/mol. The van der Waals surface area contributed by atoms with Crippen LogP contribution in [0.2, 0.25) is 0 Å². The molecule has 0 saturated carbocycles. The van der Waals surface area contributed by atoms with Gasteiger partial charge in [-0.05, 0) is 6.42 Å². The summed E-state index contributed by atoms with van der Waals surface area (Å²) in [7, 11) is 0. The SMILES string of the molecule is CC[C@@]1(n2cnc3c2NC(N)=NC3(N)O)O[C@H](CO)[C@@H](O)[C@H]1O. The number of nitrogens with two attached hydrogens (primary N) is 2. The smallest absolute Gasteiger partial charge is 0.262 e. The fourth-order valence-electron chi connectivity index (χ4n) is 3.09. The average Bonchev–Trinajstić information content (AvgIpc) is 3.01. The van der Waals surface area contributed by atoms with Crippen molar-refractivity contribution in [2.75, 3.05) is 11.9 Å². The Morgan fingerprint density at radius 1 is 1.48 bits per heavy atom. The molecule has 1 aromatic rings. The molecule has 5 atom stereocenters. The van der Waals surface area contributed by atoms with Crippen molar-refractivity contribution in [2.24, 2.45) is 16.5 Å². The molecule has 1 fully saturated rings. The van der Waals surface area contributed by atoms with Crippen LogP contribution in [-0.2, 0) is 16.3 Å². The summed E-state index contributed by atoms with van der Waals surface area (Å²) in [5, 5.41) is 42.7. The first-order valence-electron chi connectivity index (χ1n) is 7.13. The second-order valence-corrected chi connectivity index (χ2v) is 5.63. The van der Waals surface area contributed by atoms with Gasteiger partial charge in [-0.2, -0.15) is 4.99 Å². The van der Waals surface area contributed by atoms with Gasteiger partial charge in [0, 0.05) is 0 Å². The van der Waals surface area contributed by atoms with Crippen LogP contribution in [0.25, 0.3) is 0 Å². The summed E-state index contributed by atoms with van der Waals surface area (Å²) in [6.07, 6.45) is -2.05. The van der Waals surface area contributed by atoms with Crippen LogP contribution in [0.1, 0.15) is 19.0 Å². The Kier molecular flexibility index (Phi) is 3.59. The van der Waals surface area contributed by atoms with Crippen LogP contribution in [-0.4, -0.2) is 60.9 Å². The zero-order valence-corrected chi connectivity index (χ0v) is 12.4. The van der Waals surface area contributed by atoms with Gasteiger partial charge in [0.15, 0.2) is 17.4 Å². The van der Waals surface area contributed by atoms with E-state index in [1.807, 2.05) is 0 Å². The van der Waals surface area contributed by atoms with E-state index in [1.165, 1.54) is 10.9 Å². The molecular weight excluding hydrogens is 308 g/mol. The number of hydrogen-bond acceptors (Lipinski definition) is 10. The lowest BCUT2D eigenvalue weighted by molar-refractivity contribution is -0.148. The third kappa shape index (κ3) is 2.13. The Morgan fingerprint density at radius 3 is 2.74 bits per heavy atom. The maximum Gasteiger partial charge on any atom is 0.262 e. The number of anilines is 1. The molecule has 1 saturated heterocycles. The Labute approximate surface area is 131 Å². The first-order chi connectivity index (χ1) is 10.8. The molecule has 3 rings (SSSR count). The molecule has 0 amide bonds. The minimum atomic E-state index is -2.12. The van der Waals surface area contributed by atoms with Crippen molar-refractivity contribution in [1.82, 2.24) is 9.55 Å². The van der Waals surface area contributed by atoms with Gasteiger partial charge in [0.25, 0.3) is 5.85 Å². The van der Waals surface area contributed by atoms with E-state index in [0.717, 1.165) is 0 Å². The zero-order valence-electron chi connectivity index (χ0n) is 12.4. The average molecular weight is 328 g/mol. The van der Waals surface area contributed by atoms with E-state index < -0.39 is 36.5 Å². The van der Waals surface area contributed by atoms with E-state index in [4.69, 9.17) is 16.2 Å². The van der Waals surface area contributed by atoms with Crippen LogP contribution in [0.3, 0.4) is 0 Å². The van der Waals surface area contributed by atoms with Gasteiger partial charge in [-0.15, -0.1) is 0 Å². The van der Waals surface area contributed by atoms with Gasteiger partial charge in [-0.3, -0.25) is 10.3 Å². The summed E-state index contributed by atoms with van der Waals surface area (Å²) < 4.78 is 7.11. The molecule has 0 radical (unpaired) electrons. The molecule has 0 spiro atoms. The highest BCUT2D eigenvalue weighted by atomic mass is 16.6. The van der Waals surface area contributed by atoms with Gasteiger partial charge in [-0.1, -0.05) is 6.92 Å². The number of ether oxygens (including phenoxy) is 1. The molecule has 9 N–H and O–H groups in total. The minimum Gasteiger partial charge on any atom is -0.394 e. The number of aliphatic hydroxyl groups excluding tert-OH is 3. The molecule has 0 bridgehead atoms. The fourth-order valence-corrected chi connectivity index (χ4v) is 3.09. The fraction of sp³-hybridized carbons (Fsp3) is 0.667. The highest BCUT2D eigenvalue weighted by molar-refractivity contribution is 5.94. The molecule has 1 aromatic heterocycles. The van der Waals surface area contributed by atoms with E-state index in [1.54, 1.807) is 6.92 Å². The van der Waals surface area contributed by atoms with Crippen LogP contribution in [0.15, 0.2) is 11.3 Å². The molecule has 128 valence electrons. The maximum atomic E-state index is 10.5. The van der Waals surface area contributed by atoms with Gasteiger partial charge < -0.3 is 36.2 Å². The number of nitrogens with zero attached hydrogens (tertiary/aromatic N) is 3. The largest absolute Gasteiger partial charge is 0.394 e. The number of aliphatic hydroxyl groups is 4. The van der Waals surface area contributed by atoms with Crippen LogP contribution in [0.4, 0.5) is 5.82 Å². The van der Waals surface area contributed by atoms with Crippen molar-refractivity contribution in [2.45, 2.75) is 43.2 Å². The quantitative estimate of drug-likeness (QED) is 0.282. The van der Waals surface area contributed by atoms with Gasteiger partial charge in [0.05, 0.1) is 12.9 Å². The van der Waals surface area contributed by atoms with Crippen LogP contribution in [0, 0.1) is 0 Å². The lowest BCUT2D eigenvalue weighted by Gasteiger charge is -2.35. The molecule has 23 heavy (non-hydrogen) atoms. The standard InChI is InChI=1S/C12H20N6O5/c1-2-11(8(21)6(20)5(3-19)23-11)18-4-15-7-9(18)16-10(13)17-12(7,14)22/h4-6,8,19-22H,2-3,14H2,1H3,(H3,13,16,17)/t5-,6-,8-,11-,12?/m1/s1. The summed E-state index contributed by atoms with van der Waals surface area (Å²) >= 11 is 0. The van der Waals surface area contributed by atoms with E-state index in [0.29, 0.717) is 0 Å². The van der Waals surface area contributed by atoms with Gasteiger partial charge in [0.2, 0.25) is 0 Å². The molecule has 1 unspecified atom stereocenters. The number of guanidine groups is 1. The Morgan fingerprint density at radius 2 is 2.17 bits per heavy atom. The maximum absolute atomic E-state index is 10.5. The highest BCUT2D eigenvalue weighted by Gasteiger charge is 2.55. The van der Waals surface area contributed by atoms with Crippen molar-refractivity contribution >= 4 is 11.8 Å². The van der Waals surface area contributed by atoms with Crippen molar-refractivity contribution in [3.63, 3.8) is 0 Å². The first kappa shape index (κ1) is 16.1. The second-order valence-electron chi connectivity index (χ2n) is 5.63. The third-order valence-corrected chi connectivity index (χ3v) is 4.27. The number of nitrogens with one attached hydrogen (secondary N) is 1. The first-order valence-corrected chi connectivity index (χ1v) is 7.13. The molecule has 2 aliphatic heterocycles. The predicted octanol–water partition coefficient (Wildman–Crippen LogP) is -3.14. The summed E-state index contributed by atoms with van der Waals surface area (Å²) in [6.45, 7) is 1.27. The number of aromatic nitrogens is 2. The molecule has 3 heterocycles. The van der Waals surface area contributed by atoms with E-state index in [9.17, 15) is 20.4 Å². The molecule has 0 aliphatic carbocycles. The van der Waals surface area contributed by atoms with Gasteiger partial charge >= 0.3 is 0 Å². The number of fused-ring (bicyclic) bond motifs is 1. The number of hydrogen-bond donors (Lipinski definition) is 7. The Balaban J connectivity index is 2.11. The topological polar surface area (TPSA) is 184 Å². The predicted molar refractivity (Wildman–Crippen MR) is 77.8 cm³/mol. The summed E-state index contributed by atoms with van der Waals surface area (Å²) in [5.41, 5.74) is 9.88. The number of aliphatic imine (C=N–C) groups is 1. The molecule has 11 nitrogen and oxygen atoms in total. The van der Waals surface area contributed by atoms with Crippen LogP contribution < -0.4 is 16.8 Å². The van der Waals surface area contributed by atoms with Crippen LogP contribution >= 0.6 is 0 Å². The minimum absolute atomic E-state index is 0.00253. The van der Waals surface area contributed by atoms with Crippen molar-refractivity contribution in [3.8, 4) is 0 Å². The van der Waals surface area contributed by atoms with Crippen molar-refractivity contribution in [3.05, 3.63) is 12.0 Å². The van der Waals surface area contributed by atoms with E-state index >= 15 is 0 Å². The normalized spacial score (nSPS) is 39.7. The lowest BCUT2D eigenvalue weighted by atomic mass is 9.99. The summed E-state index contributed by atoms with van der Waals surface area (Å²) in [6, 6.07) is 0. The Hall–Kier alpha value is -1.76. The summed E-state index contributed by atoms with van der Waals surface area (Å²) in [5.74, 6) is -2.07. The molecule has 0 aromatic carbocycles. The van der Waals surface area contributed by atoms with Crippen molar-refractivity contribution < 1.29 is 25.2 Å². The lowest BCUT2D eigenvalue weighted by Crippen LogP contribution is -2.48.